The van der Waals surface area contributed by atoms with E-state index in [0.29, 0.717) is 41.5 Å². The number of amides is 1. The third-order valence-corrected chi connectivity index (χ3v) is 4.67. The highest BCUT2D eigenvalue weighted by Gasteiger charge is 2.42. The van der Waals surface area contributed by atoms with E-state index < -0.39 is 11.4 Å². The largest absolute Gasteiger partial charge is 0.355 e. The summed E-state index contributed by atoms with van der Waals surface area (Å²) < 4.78 is 0. The molecule has 1 saturated heterocycles. The number of Topliss-reactive ketones (excluding diaryl/α,β-unsaturated/α-hetero) is 1. The first-order chi connectivity index (χ1) is 13.0. The van der Waals surface area contributed by atoms with E-state index in [0.717, 1.165) is 6.08 Å². The van der Waals surface area contributed by atoms with Crippen molar-refractivity contribution in [3.05, 3.63) is 64.8 Å². The minimum atomic E-state index is -0.827. The van der Waals surface area contributed by atoms with Crippen LogP contribution in [0, 0.1) is 0 Å². The Bertz CT molecular complexity index is 869. The van der Waals surface area contributed by atoms with Crippen molar-refractivity contribution in [3.63, 3.8) is 0 Å². The molecule has 0 bridgehead atoms. The summed E-state index contributed by atoms with van der Waals surface area (Å²) >= 11 is 6.33. The van der Waals surface area contributed by atoms with Crippen molar-refractivity contribution < 1.29 is 14.8 Å². The Morgan fingerprint density at radius 3 is 2.64 bits per heavy atom. The van der Waals surface area contributed by atoms with Crippen LogP contribution in [0.4, 0.5) is 5.82 Å². The summed E-state index contributed by atoms with van der Waals surface area (Å²) in [5.74, 6) is -0.277. The van der Waals surface area contributed by atoms with Crippen LogP contribution in [0.25, 0.3) is 6.08 Å². The maximum atomic E-state index is 13.1. The number of nitrogens with zero attached hydrogens (tertiary/aromatic N) is 1. The van der Waals surface area contributed by atoms with Crippen molar-refractivity contribution in [2.45, 2.75) is 12.0 Å². The number of benzene rings is 1. The molecule has 148 valence electrons. The molecule has 0 unspecified atom stereocenters. The van der Waals surface area contributed by atoms with Gasteiger partial charge in [-0.1, -0.05) is 41.9 Å². The average molecular weight is 423 g/mol. The Kier molecular flexibility index (Phi) is 7.53. The van der Waals surface area contributed by atoms with Crippen LogP contribution < -0.4 is 16.1 Å². The lowest BCUT2D eigenvalue weighted by atomic mass is 9.88. The Balaban J connectivity index is 0.00000280. The summed E-state index contributed by atoms with van der Waals surface area (Å²) in [4.78, 5) is 28.5. The monoisotopic (exact) mass is 422 g/mol. The van der Waals surface area contributed by atoms with Gasteiger partial charge in [0.25, 0.3) is 5.91 Å². The van der Waals surface area contributed by atoms with E-state index in [-0.39, 0.29) is 18.2 Å². The van der Waals surface area contributed by atoms with Gasteiger partial charge in [0, 0.05) is 24.4 Å². The van der Waals surface area contributed by atoms with Gasteiger partial charge in [-0.15, -0.1) is 12.4 Å². The lowest BCUT2D eigenvalue weighted by Crippen LogP contribution is -2.48. The van der Waals surface area contributed by atoms with Gasteiger partial charge in [0.2, 0.25) is 0 Å². The Hall–Kier alpha value is -2.45. The smallest absolute Gasteiger partial charge is 0.267 e. The molecule has 1 fully saturated rings. The lowest BCUT2D eigenvalue weighted by molar-refractivity contribution is -0.124. The Labute approximate surface area is 173 Å². The molecule has 4 N–H and O–H groups in total. The average Bonchev–Trinajstić information content (AvgIpc) is 3.17. The van der Waals surface area contributed by atoms with Gasteiger partial charge in [0.1, 0.15) is 11.4 Å². The molecule has 1 aromatic carbocycles. The summed E-state index contributed by atoms with van der Waals surface area (Å²) in [5.41, 5.74) is 1.89. The van der Waals surface area contributed by atoms with Crippen LogP contribution in [0.15, 0.2) is 48.7 Å². The summed E-state index contributed by atoms with van der Waals surface area (Å²) in [6.07, 6.45) is 4.76. The zero-order chi connectivity index (χ0) is 19.3. The molecule has 1 aromatic heterocycles. The molecule has 0 spiro atoms. The second kappa shape index (κ2) is 9.66. The molecule has 3 rings (SSSR count). The molecule has 1 aliphatic rings. The van der Waals surface area contributed by atoms with Crippen LogP contribution in [0.3, 0.4) is 0 Å². The van der Waals surface area contributed by atoms with Gasteiger partial charge in [-0.2, -0.15) is 0 Å². The second-order valence-corrected chi connectivity index (χ2v) is 6.64. The molecule has 1 amide bonds. The highest BCUT2D eigenvalue weighted by atomic mass is 35.5. The van der Waals surface area contributed by atoms with Gasteiger partial charge in [-0.05, 0) is 30.7 Å². The molecule has 1 atom stereocenters. The number of halogens is 2. The predicted molar refractivity (Wildman–Crippen MR) is 110 cm³/mol. The van der Waals surface area contributed by atoms with Crippen molar-refractivity contribution in [1.29, 1.82) is 0 Å². The van der Waals surface area contributed by atoms with Crippen molar-refractivity contribution in [3.8, 4) is 0 Å². The second-order valence-electron chi connectivity index (χ2n) is 6.24. The number of carbonyl (C=O) groups excluding carboxylic acids is 2. The third-order valence-electron chi connectivity index (χ3n) is 4.38. The van der Waals surface area contributed by atoms with Gasteiger partial charge in [-0.3, -0.25) is 14.8 Å². The van der Waals surface area contributed by atoms with Crippen molar-refractivity contribution in [2.24, 2.45) is 0 Å². The van der Waals surface area contributed by atoms with E-state index in [1.54, 1.807) is 18.2 Å². The van der Waals surface area contributed by atoms with E-state index in [2.05, 4.69) is 15.6 Å². The number of hydrogen-bond donors (Lipinski definition) is 4. The first-order valence-electron chi connectivity index (χ1n) is 8.40. The molecule has 7 nitrogen and oxygen atoms in total. The number of aromatic nitrogens is 1. The van der Waals surface area contributed by atoms with Crippen molar-refractivity contribution >= 4 is 47.6 Å². The number of carbonyl (C=O) groups is 2. The quantitative estimate of drug-likeness (QED) is 0.247. The number of nitrogens with one attached hydrogen (secondary N) is 3. The van der Waals surface area contributed by atoms with Crippen molar-refractivity contribution in [1.82, 2.24) is 15.8 Å². The van der Waals surface area contributed by atoms with Gasteiger partial charge < -0.3 is 10.6 Å². The molecule has 0 radical (unpaired) electrons. The van der Waals surface area contributed by atoms with Crippen LogP contribution in [0.2, 0.25) is 5.02 Å². The SMILES string of the molecule is Cl.O=C(/C=C/c1cnc(N[C@]2(C(=O)c3ccccc3)CCNC2)c(Cl)c1)NO. The fourth-order valence-electron chi connectivity index (χ4n) is 2.99. The zero-order valence-electron chi connectivity index (χ0n) is 14.8. The van der Waals surface area contributed by atoms with E-state index in [1.807, 2.05) is 18.2 Å². The maximum Gasteiger partial charge on any atom is 0.267 e. The van der Waals surface area contributed by atoms with Gasteiger partial charge in [0.15, 0.2) is 5.78 Å². The van der Waals surface area contributed by atoms with Crippen LogP contribution >= 0.6 is 24.0 Å². The molecule has 2 heterocycles. The van der Waals surface area contributed by atoms with Crippen LogP contribution in [0.1, 0.15) is 22.3 Å². The Morgan fingerprint density at radius 2 is 2.04 bits per heavy atom. The molecule has 1 aliphatic heterocycles. The Morgan fingerprint density at radius 1 is 1.29 bits per heavy atom. The molecule has 28 heavy (non-hydrogen) atoms. The highest BCUT2D eigenvalue weighted by Crippen LogP contribution is 2.29. The van der Waals surface area contributed by atoms with Crippen LogP contribution in [-0.4, -0.2) is 40.5 Å². The number of hydroxylamine groups is 1. The van der Waals surface area contributed by atoms with Crippen molar-refractivity contribution in [2.75, 3.05) is 18.4 Å². The molecule has 2 aromatic rings. The number of rotatable bonds is 6. The number of pyridine rings is 1. The summed E-state index contributed by atoms with van der Waals surface area (Å²) in [7, 11) is 0. The van der Waals surface area contributed by atoms with E-state index >= 15 is 0 Å². The van der Waals surface area contributed by atoms with Gasteiger partial charge >= 0.3 is 0 Å². The van der Waals surface area contributed by atoms with E-state index in [9.17, 15) is 9.59 Å². The minimum Gasteiger partial charge on any atom is -0.355 e. The van der Waals surface area contributed by atoms with Crippen LogP contribution in [0.5, 0.6) is 0 Å². The molecular formula is C19H20Cl2N4O3. The molecule has 9 heteroatoms. The topological polar surface area (TPSA) is 103 Å². The normalized spacial score (nSPS) is 18.5. The molecule has 0 aliphatic carbocycles. The van der Waals surface area contributed by atoms with Gasteiger partial charge in [-0.25, -0.2) is 10.5 Å². The van der Waals surface area contributed by atoms with E-state index in [4.69, 9.17) is 16.8 Å². The number of anilines is 1. The number of hydrogen-bond acceptors (Lipinski definition) is 6. The standard InChI is InChI=1S/C19H19ClN4O3.ClH/c20-15-10-13(6-7-16(25)24-27)11-22-18(15)23-19(8-9-21-12-19)17(26)14-4-2-1-3-5-14;/h1-7,10-11,21,27H,8-9,12H2,(H,22,23)(H,24,25);1H/b7-6+;/t19-;/m1./s1. The van der Waals surface area contributed by atoms with E-state index in [1.165, 1.54) is 17.8 Å². The fourth-order valence-corrected chi connectivity index (χ4v) is 3.21. The van der Waals surface area contributed by atoms with Gasteiger partial charge in [0.05, 0.1) is 5.02 Å². The predicted octanol–water partition coefficient (Wildman–Crippen LogP) is 2.70. The molecule has 0 saturated carbocycles. The summed E-state index contributed by atoms with van der Waals surface area (Å²) in [6.45, 7) is 1.18. The summed E-state index contributed by atoms with van der Waals surface area (Å²) in [6, 6.07) is 10.7. The lowest BCUT2D eigenvalue weighted by Gasteiger charge is -2.29. The molecular weight excluding hydrogens is 403 g/mol. The third kappa shape index (κ3) is 4.88. The first kappa shape index (κ1) is 21.8. The van der Waals surface area contributed by atoms with Crippen LogP contribution in [-0.2, 0) is 4.79 Å². The highest BCUT2D eigenvalue weighted by molar-refractivity contribution is 6.33. The first-order valence-corrected chi connectivity index (χ1v) is 8.78. The maximum absolute atomic E-state index is 13.1. The minimum absolute atomic E-state index is 0. The fraction of sp³-hybridized carbons (Fsp3) is 0.211. The summed E-state index contributed by atoms with van der Waals surface area (Å²) in [5, 5.41) is 15.3. The number of ketones is 1. The zero-order valence-corrected chi connectivity index (χ0v) is 16.4.